The van der Waals surface area contributed by atoms with Gasteiger partial charge in [-0.25, -0.2) is 21.6 Å². The molecule has 0 aromatic heterocycles. The van der Waals surface area contributed by atoms with Crippen LogP contribution in [-0.4, -0.2) is 29.2 Å². The minimum absolute atomic E-state index is 0.0142. The zero-order valence-electron chi connectivity index (χ0n) is 15.0. The number of hydrogen-bond acceptors (Lipinski definition) is 5. The molecule has 0 radical (unpaired) electrons. The molecule has 0 aliphatic carbocycles. The Hall–Kier alpha value is -1.90. The third-order valence-electron chi connectivity index (χ3n) is 3.87. The highest BCUT2D eigenvalue weighted by Gasteiger charge is 2.20. The van der Waals surface area contributed by atoms with Crippen LogP contribution in [0.1, 0.15) is 32.4 Å². The average Bonchev–Trinajstić information content (AvgIpc) is 2.62. The highest BCUT2D eigenvalue weighted by atomic mass is 32.2. The molecule has 142 valence electrons. The SMILES string of the molecule is CCOc1cccc(C(C)NS(=O)(=O)c2ccc(S(=O)(=O)CC)cc2)c1. The average molecular weight is 398 g/mol. The molecule has 1 N–H and O–H groups in total. The Kier molecular flexibility index (Phi) is 6.44. The van der Waals surface area contributed by atoms with Crippen molar-refractivity contribution in [2.75, 3.05) is 12.4 Å². The number of sulfonamides is 1. The Morgan fingerprint density at radius 1 is 0.962 bits per heavy atom. The van der Waals surface area contributed by atoms with Gasteiger partial charge in [-0.3, -0.25) is 0 Å². The van der Waals surface area contributed by atoms with Gasteiger partial charge in [0.1, 0.15) is 5.75 Å². The van der Waals surface area contributed by atoms with E-state index in [4.69, 9.17) is 4.74 Å². The highest BCUT2D eigenvalue weighted by molar-refractivity contribution is 7.91. The smallest absolute Gasteiger partial charge is 0.241 e. The first-order valence-electron chi connectivity index (χ1n) is 8.27. The van der Waals surface area contributed by atoms with E-state index >= 15 is 0 Å². The molecule has 0 saturated heterocycles. The maximum absolute atomic E-state index is 12.6. The largest absolute Gasteiger partial charge is 0.494 e. The van der Waals surface area contributed by atoms with Gasteiger partial charge in [-0.2, -0.15) is 0 Å². The zero-order valence-corrected chi connectivity index (χ0v) is 16.6. The van der Waals surface area contributed by atoms with Crippen molar-refractivity contribution in [3.63, 3.8) is 0 Å². The van der Waals surface area contributed by atoms with E-state index in [0.717, 1.165) is 5.56 Å². The molecule has 2 aromatic carbocycles. The summed E-state index contributed by atoms with van der Waals surface area (Å²) in [5.74, 6) is 0.634. The number of sulfone groups is 1. The molecule has 0 spiro atoms. The van der Waals surface area contributed by atoms with Gasteiger partial charge in [0.15, 0.2) is 9.84 Å². The summed E-state index contributed by atoms with van der Waals surface area (Å²) in [6.07, 6.45) is 0. The first-order chi connectivity index (χ1) is 12.2. The standard InChI is InChI=1S/C18H23NO5S2/c1-4-24-16-8-6-7-15(13-16)14(3)19-26(22,23)18-11-9-17(10-12-18)25(20,21)5-2/h6-14,19H,4-5H2,1-3H3. The second-order valence-corrected chi connectivity index (χ2v) is 9.72. The van der Waals surface area contributed by atoms with Crippen molar-refractivity contribution in [3.05, 3.63) is 54.1 Å². The minimum Gasteiger partial charge on any atom is -0.494 e. The van der Waals surface area contributed by atoms with E-state index in [2.05, 4.69) is 4.72 Å². The van der Waals surface area contributed by atoms with Crippen molar-refractivity contribution in [1.82, 2.24) is 4.72 Å². The fraction of sp³-hybridized carbons (Fsp3) is 0.333. The van der Waals surface area contributed by atoms with Crippen LogP contribution in [0.3, 0.4) is 0 Å². The molecule has 0 fully saturated rings. The van der Waals surface area contributed by atoms with E-state index in [1.165, 1.54) is 24.3 Å². The molecule has 0 aliphatic heterocycles. The molecule has 26 heavy (non-hydrogen) atoms. The van der Waals surface area contributed by atoms with E-state index in [-0.39, 0.29) is 15.5 Å². The van der Waals surface area contributed by atoms with Gasteiger partial charge in [0.2, 0.25) is 10.0 Å². The summed E-state index contributed by atoms with van der Waals surface area (Å²) in [6, 6.07) is 12.0. The van der Waals surface area contributed by atoms with Crippen molar-refractivity contribution >= 4 is 19.9 Å². The molecule has 0 saturated carbocycles. The van der Waals surface area contributed by atoms with Crippen molar-refractivity contribution in [2.24, 2.45) is 0 Å². The molecule has 1 atom stereocenters. The van der Waals surface area contributed by atoms with Gasteiger partial charge in [0.25, 0.3) is 0 Å². The Labute approximate surface area is 155 Å². The van der Waals surface area contributed by atoms with Gasteiger partial charge >= 0.3 is 0 Å². The maximum atomic E-state index is 12.6. The van der Waals surface area contributed by atoms with Crippen molar-refractivity contribution in [2.45, 2.75) is 36.6 Å². The predicted octanol–water partition coefficient (Wildman–Crippen LogP) is 2.92. The molecule has 0 heterocycles. The zero-order chi connectivity index (χ0) is 19.4. The van der Waals surface area contributed by atoms with Crippen LogP contribution in [0.2, 0.25) is 0 Å². The quantitative estimate of drug-likeness (QED) is 0.740. The maximum Gasteiger partial charge on any atom is 0.241 e. The van der Waals surface area contributed by atoms with Crippen molar-refractivity contribution in [1.29, 1.82) is 0 Å². The Morgan fingerprint density at radius 2 is 1.58 bits per heavy atom. The molecular weight excluding hydrogens is 374 g/mol. The number of nitrogens with one attached hydrogen (secondary N) is 1. The molecule has 2 aromatic rings. The van der Waals surface area contributed by atoms with E-state index in [1.807, 2.05) is 13.0 Å². The fourth-order valence-electron chi connectivity index (χ4n) is 2.40. The summed E-state index contributed by atoms with van der Waals surface area (Å²) >= 11 is 0. The second kappa shape index (κ2) is 8.20. The molecule has 2 rings (SSSR count). The Morgan fingerprint density at radius 3 is 2.15 bits per heavy atom. The van der Waals surface area contributed by atoms with Crippen LogP contribution in [0.15, 0.2) is 58.3 Å². The van der Waals surface area contributed by atoms with Crippen LogP contribution in [0.4, 0.5) is 0 Å². The summed E-state index contributed by atoms with van der Waals surface area (Å²) in [7, 11) is -7.15. The third-order valence-corrected chi connectivity index (χ3v) is 7.18. The first kappa shape index (κ1) is 20.4. The van der Waals surface area contributed by atoms with Gasteiger partial charge in [0.05, 0.1) is 22.2 Å². The van der Waals surface area contributed by atoms with Crippen LogP contribution in [0.5, 0.6) is 5.75 Å². The lowest BCUT2D eigenvalue weighted by Gasteiger charge is -2.16. The fourth-order valence-corrected chi connectivity index (χ4v) is 4.52. The van der Waals surface area contributed by atoms with E-state index < -0.39 is 25.9 Å². The van der Waals surface area contributed by atoms with Crippen LogP contribution in [0, 0.1) is 0 Å². The highest BCUT2D eigenvalue weighted by Crippen LogP contribution is 2.22. The van der Waals surface area contributed by atoms with Gasteiger partial charge in [-0.1, -0.05) is 19.1 Å². The molecule has 1 unspecified atom stereocenters. The number of hydrogen-bond donors (Lipinski definition) is 1. The summed E-state index contributed by atoms with van der Waals surface area (Å²) in [6.45, 7) is 5.68. The van der Waals surface area contributed by atoms with Gasteiger partial charge < -0.3 is 4.74 Å². The van der Waals surface area contributed by atoms with Gasteiger partial charge in [0, 0.05) is 6.04 Å². The summed E-state index contributed by atoms with van der Waals surface area (Å²) in [5.41, 5.74) is 0.768. The minimum atomic E-state index is -3.79. The second-order valence-electron chi connectivity index (χ2n) is 5.72. The number of benzene rings is 2. The summed E-state index contributed by atoms with van der Waals surface area (Å²) in [4.78, 5) is 0.122. The van der Waals surface area contributed by atoms with Gasteiger partial charge in [-0.05, 0) is 55.8 Å². The molecule has 8 heteroatoms. The monoisotopic (exact) mass is 397 g/mol. The molecule has 6 nitrogen and oxygen atoms in total. The van der Waals surface area contributed by atoms with Crippen molar-refractivity contribution < 1.29 is 21.6 Å². The third kappa shape index (κ3) is 4.84. The summed E-state index contributed by atoms with van der Waals surface area (Å²) in [5, 5.41) is 0. The predicted molar refractivity (Wildman–Crippen MR) is 101 cm³/mol. The number of rotatable bonds is 8. The van der Waals surface area contributed by atoms with Crippen LogP contribution in [-0.2, 0) is 19.9 Å². The molecule has 0 bridgehead atoms. The van der Waals surface area contributed by atoms with E-state index in [1.54, 1.807) is 32.0 Å². The molecular formula is C18H23NO5S2. The Bertz CT molecular complexity index is 951. The lowest BCUT2D eigenvalue weighted by atomic mass is 10.1. The van der Waals surface area contributed by atoms with E-state index in [9.17, 15) is 16.8 Å². The van der Waals surface area contributed by atoms with E-state index in [0.29, 0.717) is 12.4 Å². The topological polar surface area (TPSA) is 89.5 Å². The summed E-state index contributed by atoms with van der Waals surface area (Å²) < 4.78 is 56.8. The van der Waals surface area contributed by atoms with Crippen LogP contribution in [0.25, 0.3) is 0 Å². The lowest BCUT2D eigenvalue weighted by Crippen LogP contribution is -2.27. The number of ether oxygens (including phenoxy) is 1. The normalized spacial score (nSPS) is 13.3. The Balaban J connectivity index is 2.21. The van der Waals surface area contributed by atoms with Gasteiger partial charge in [-0.15, -0.1) is 0 Å². The lowest BCUT2D eigenvalue weighted by molar-refractivity contribution is 0.339. The van der Waals surface area contributed by atoms with Crippen molar-refractivity contribution in [3.8, 4) is 5.75 Å². The van der Waals surface area contributed by atoms with Crippen LogP contribution < -0.4 is 9.46 Å². The van der Waals surface area contributed by atoms with Crippen LogP contribution >= 0.6 is 0 Å². The first-order valence-corrected chi connectivity index (χ1v) is 11.4. The molecule has 0 aliphatic rings. The molecule has 0 amide bonds.